The third-order valence-corrected chi connectivity index (χ3v) is 2.73. The number of rotatable bonds is 11. The van der Waals surface area contributed by atoms with E-state index in [1.165, 1.54) is 0 Å². The Kier molecular flexibility index (Phi) is 12.9. The standard InChI is InChI=1S/C12H23BrO3/c1-2-15-10-6-3-7-11-16-12(14)8-4-5-9-13/h2-11H2,1H3. The minimum absolute atomic E-state index is 0.0641. The molecule has 0 aliphatic rings. The molecule has 3 nitrogen and oxygen atoms in total. The Morgan fingerprint density at radius 1 is 1.06 bits per heavy atom. The van der Waals surface area contributed by atoms with Gasteiger partial charge in [-0.15, -0.1) is 0 Å². The Balaban J connectivity index is 3.09. The van der Waals surface area contributed by atoms with Crippen LogP contribution in [0.15, 0.2) is 0 Å². The molecule has 0 aromatic carbocycles. The van der Waals surface area contributed by atoms with Crippen LogP contribution in [0, 0.1) is 0 Å². The second kappa shape index (κ2) is 13.0. The van der Waals surface area contributed by atoms with Gasteiger partial charge >= 0.3 is 5.97 Å². The fourth-order valence-electron chi connectivity index (χ4n) is 1.25. The van der Waals surface area contributed by atoms with Crippen LogP contribution in [0.5, 0.6) is 0 Å². The Morgan fingerprint density at radius 3 is 2.50 bits per heavy atom. The predicted octanol–water partition coefficient (Wildman–Crippen LogP) is 3.30. The summed E-state index contributed by atoms with van der Waals surface area (Å²) in [5.41, 5.74) is 0. The van der Waals surface area contributed by atoms with Gasteiger partial charge < -0.3 is 9.47 Å². The van der Waals surface area contributed by atoms with Gasteiger partial charge in [-0.3, -0.25) is 4.79 Å². The molecule has 0 N–H and O–H groups in total. The molecular formula is C12H23BrO3. The van der Waals surface area contributed by atoms with E-state index in [-0.39, 0.29) is 5.97 Å². The highest BCUT2D eigenvalue weighted by atomic mass is 79.9. The van der Waals surface area contributed by atoms with Crippen molar-refractivity contribution in [2.75, 3.05) is 25.2 Å². The normalized spacial score (nSPS) is 10.4. The minimum Gasteiger partial charge on any atom is -0.466 e. The second-order valence-electron chi connectivity index (χ2n) is 3.62. The summed E-state index contributed by atoms with van der Waals surface area (Å²) in [6, 6.07) is 0. The molecule has 0 aromatic rings. The molecule has 0 spiro atoms. The fraction of sp³-hybridized carbons (Fsp3) is 0.917. The molecule has 0 radical (unpaired) electrons. The summed E-state index contributed by atoms with van der Waals surface area (Å²) in [6.45, 7) is 4.15. The first kappa shape index (κ1) is 15.9. The molecule has 0 aliphatic carbocycles. The van der Waals surface area contributed by atoms with Gasteiger partial charge in [-0.25, -0.2) is 0 Å². The Hall–Kier alpha value is -0.0900. The highest BCUT2D eigenvalue weighted by Gasteiger charge is 2.01. The number of alkyl halides is 1. The summed E-state index contributed by atoms with van der Waals surface area (Å²) in [4.78, 5) is 11.2. The molecule has 0 saturated heterocycles. The van der Waals surface area contributed by atoms with Crippen molar-refractivity contribution in [3.8, 4) is 0 Å². The van der Waals surface area contributed by atoms with E-state index in [9.17, 15) is 4.79 Å². The molecule has 96 valence electrons. The summed E-state index contributed by atoms with van der Waals surface area (Å²) < 4.78 is 10.3. The maximum Gasteiger partial charge on any atom is 0.305 e. The van der Waals surface area contributed by atoms with Crippen LogP contribution in [-0.4, -0.2) is 31.1 Å². The number of esters is 1. The van der Waals surface area contributed by atoms with Crippen molar-refractivity contribution < 1.29 is 14.3 Å². The highest BCUT2D eigenvalue weighted by Crippen LogP contribution is 2.02. The molecule has 0 saturated carbocycles. The number of carbonyl (C=O) groups excluding carboxylic acids is 1. The summed E-state index contributed by atoms with van der Waals surface area (Å²) in [6.07, 6.45) is 5.54. The molecule has 0 heterocycles. The van der Waals surface area contributed by atoms with Gasteiger partial charge in [-0.1, -0.05) is 15.9 Å². The van der Waals surface area contributed by atoms with Gasteiger partial charge in [0.25, 0.3) is 0 Å². The van der Waals surface area contributed by atoms with E-state index in [4.69, 9.17) is 9.47 Å². The topological polar surface area (TPSA) is 35.5 Å². The monoisotopic (exact) mass is 294 g/mol. The van der Waals surface area contributed by atoms with Crippen molar-refractivity contribution in [1.82, 2.24) is 0 Å². The average molecular weight is 295 g/mol. The van der Waals surface area contributed by atoms with Crippen molar-refractivity contribution in [3.05, 3.63) is 0 Å². The lowest BCUT2D eigenvalue weighted by molar-refractivity contribution is -0.143. The van der Waals surface area contributed by atoms with Gasteiger partial charge in [-0.2, -0.15) is 0 Å². The fourth-order valence-corrected chi connectivity index (χ4v) is 1.65. The molecule has 0 unspecified atom stereocenters. The summed E-state index contributed by atoms with van der Waals surface area (Å²) in [5.74, 6) is -0.0641. The van der Waals surface area contributed by atoms with Gasteiger partial charge in [0, 0.05) is 25.0 Å². The van der Waals surface area contributed by atoms with Gasteiger partial charge in [0.2, 0.25) is 0 Å². The van der Waals surface area contributed by atoms with Crippen molar-refractivity contribution in [3.63, 3.8) is 0 Å². The van der Waals surface area contributed by atoms with E-state index < -0.39 is 0 Å². The molecule has 16 heavy (non-hydrogen) atoms. The molecule has 4 heteroatoms. The number of unbranched alkanes of at least 4 members (excludes halogenated alkanes) is 3. The Labute approximate surface area is 107 Å². The molecule has 0 atom stereocenters. The van der Waals surface area contributed by atoms with Gasteiger partial charge in [0.05, 0.1) is 6.61 Å². The quantitative estimate of drug-likeness (QED) is 0.333. The molecule has 0 amide bonds. The molecule has 0 rings (SSSR count). The van der Waals surface area contributed by atoms with Crippen LogP contribution >= 0.6 is 15.9 Å². The smallest absolute Gasteiger partial charge is 0.305 e. The first-order valence-electron chi connectivity index (χ1n) is 6.10. The van der Waals surface area contributed by atoms with Crippen LogP contribution in [0.25, 0.3) is 0 Å². The van der Waals surface area contributed by atoms with Gasteiger partial charge in [-0.05, 0) is 39.0 Å². The van der Waals surface area contributed by atoms with Crippen LogP contribution in [0.2, 0.25) is 0 Å². The van der Waals surface area contributed by atoms with Crippen LogP contribution in [0.1, 0.15) is 45.4 Å². The zero-order valence-electron chi connectivity index (χ0n) is 10.2. The van der Waals surface area contributed by atoms with E-state index >= 15 is 0 Å². The van der Waals surface area contributed by atoms with E-state index in [0.717, 1.165) is 50.6 Å². The maximum atomic E-state index is 11.2. The zero-order chi connectivity index (χ0) is 12.1. The highest BCUT2D eigenvalue weighted by molar-refractivity contribution is 9.09. The Morgan fingerprint density at radius 2 is 1.81 bits per heavy atom. The van der Waals surface area contributed by atoms with Gasteiger partial charge in [0.15, 0.2) is 0 Å². The third-order valence-electron chi connectivity index (χ3n) is 2.16. The van der Waals surface area contributed by atoms with Crippen LogP contribution in [-0.2, 0) is 14.3 Å². The van der Waals surface area contributed by atoms with Crippen LogP contribution < -0.4 is 0 Å². The first-order chi connectivity index (χ1) is 7.81. The second-order valence-corrected chi connectivity index (χ2v) is 4.42. The number of hydrogen-bond donors (Lipinski definition) is 0. The number of hydrogen-bond acceptors (Lipinski definition) is 3. The van der Waals surface area contributed by atoms with Gasteiger partial charge in [0.1, 0.15) is 0 Å². The molecule has 0 bridgehead atoms. The molecule has 0 aromatic heterocycles. The van der Waals surface area contributed by atoms with E-state index in [1.54, 1.807) is 0 Å². The SMILES string of the molecule is CCOCCCCCOC(=O)CCCCBr. The molecular weight excluding hydrogens is 272 g/mol. The lowest BCUT2D eigenvalue weighted by Crippen LogP contribution is -2.06. The number of halogens is 1. The predicted molar refractivity (Wildman–Crippen MR) is 68.9 cm³/mol. The minimum atomic E-state index is -0.0641. The maximum absolute atomic E-state index is 11.2. The van der Waals surface area contributed by atoms with Crippen LogP contribution in [0.3, 0.4) is 0 Å². The van der Waals surface area contributed by atoms with Crippen molar-refractivity contribution in [2.45, 2.75) is 45.4 Å². The summed E-state index contributed by atoms with van der Waals surface area (Å²) in [7, 11) is 0. The molecule has 0 fully saturated rings. The van der Waals surface area contributed by atoms with E-state index in [2.05, 4.69) is 15.9 Å². The third kappa shape index (κ3) is 12.0. The lowest BCUT2D eigenvalue weighted by Gasteiger charge is -2.04. The zero-order valence-corrected chi connectivity index (χ0v) is 11.8. The molecule has 0 aliphatic heterocycles. The van der Waals surface area contributed by atoms with E-state index in [0.29, 0.717) is 13.0 Å². The first-order valence-corrected chi connectivity index (χ1v) is 7.22. The summed E-state index contributed by atoms with van der Waals surface area (Å²) >= 11 is 3.33. The largest absolute Gasteiger partial charge is 0.466 e. The average Bonchev–Trinajstić information content (AvgIpc) is 2.28. The van der Waals surface area contributed by atoms with Crippen LogP contribution in [0.4, 0.5) is 0 Å². The number of ether oxygens (including phenoxy) is 2. The Bertz CT molecular complexity index is 162. The summed E-state index contributed by atoms with van der Waals surface area (Å²) in [5, 5.41) is 0.956. The van der Waals surface area contributed by atoms with Crippen molar-refractivity contribution >= 4 is 21.9 Å². The lowest BCUT2D eigenvalue weighted by atomic mass is 10.2. The van der Waals surface area contributed by atoms with E-state index in [1.807, 2.05) is 6.92 Å². The van der Waals surface area contributed by atoms with Crippen molar-refractivity contribution in [1.29, 1.82) is 0 Å². The van der Waals surface area contributed by atoms with Crippen molar-refractivity contribution in [2.24, 2.45) is 0 Å². The number of carbonyl (C=O) groups is 1.